The number of carbonyl (C=O) groups excluding carboxylic acids is 1. The number of piperazine rings is 1. The topological polar surface area (TPSA) is 49.3 Å². The quantitative estimate of drug-likeness (QED) is 0.588. The van der Waals surface area contributed by atoms with Crippen molar-refractivity contribution in [3.05, 3.63) is 88.6 Å². The number of nitrogens with zero attached hydrogens (tertiary/aromatic N) is 4. The summed E-state index contributed by atoms with van der Waals surface area (Å²) in [4.78, 5) is 26.2. The van der Waals surface area contributed by atoms with Crippen LogP contribution in [0.5, 0.6) is 0 Å². The molecule has 1 saturated heterocycles. The Labute approximate surface area is 188 Å². The third kappa shape index (κ3) is 5.31. The van der Waals surface area contributed by atoms with Crippen LogP contribution < -0.4 is 4.90 Å². The van der Waals surface area contributed by atoms with E-state index < -0.39 is 0 Å². The smallest absolute Gasteiger partial charge is 0.223 e. The minimum absolute atomic E-state index is 0.198. The molecule has 0 spiro atoms. The van der Waals surface area contributed by atoms with Crippen LogP contribution in [0.1, 0.15) is 34.6 Å². The number of benzene rings is 2. The highest BCUT2D eigenvalue weighted by Gasteiger charge is 2.24. The van der Waals surface area contributed by atoms with Gasteiger partial charge in [-0.05, 0) is 43.5 Å². The predicted octanol–water partition coefficient (Wildman–Crippen LogP) is 4.10. The Morgan fingerprint density at radius 1 is 0.938 bits per heavy atom. The van der Waals surface area contributed by atoms with Crippen LogP contribution in [0.4, 0.5) is 10.2 Å². The van der Waals surface area contributed by atoms with Crippen molar-refractivity contribution in [1.82, 2.24) is 14.9 Å². The highest BCUT2D eigenvalue weighted by Crippen LogP contribution is 2.25. The molecule has 4 rings (SSSR count). The van der Waals surface area contributed by atoms with Gasteiger partial charge in [0, 0.05) is 50.3 Å². The average Bonchev–Trinajstić information content (AvgIpc) is 2.80. The SMILES string of the molecule is Cc1nc(C)c(Cc2cccc(F)c2)c(N2CCN(C(=O)CCc3ccccc3)CC2)n1. The molecule has 0 aliphatic carbocycles. The fourth-order valence-corrected chi connectivity index (χ4v) is 4.26. The van der Waals surface area contributed by atoms with Crippen molar-refractivity contribution >= 4 is 11.7 Å². The fourth-order valence-electron chi connectivity index (χ4n) is 4.26. The van der Waals surface area contributed by atoms with Crippen molar-refractivity contribution in [3.8, 4) is 0 Å². The van der Waals surface area contributed by atoms with E-state index in [0.717, 1.165) is 48.0 Å². The average molecular weight is 433 g/mol. The lowest BCUT2D eigenvalue weighted by atomic mass is 10.0. The second-order valence-corrected chi connectivity index (χ2v) is 8.32. The number of aryl methyl sites for hydroxylation is 3. The first kappa shape index (κ1) is 21.9. The van der Waals surface area contributed by atoms with Crippen LogP contribution in [-0.2, 0) is 17.6 Å². The Bertz CT molecular complexity index is 1080. The summed E-state index contributed by atoms with van der Waals surface area (Å²) in [6.45, 7) is 6.68. The molecule has 0 atom stereocenters. The van der Waals surface area contributed by atoms with Gasteiger partial charge in [-0.2, -0.15) is 0 Å². The van der Waals surface area contributed by atoms with Crippen LogP contribution in [0.25, 0.3) is 0 Å². The Morgan fingerprint density at radius 3 is 2.38 bits per heavy atom. The zero-order valence-corrected chi connectivity index (χ0v) is 18.7. The van der Waals surface area contributed by atoms with Gasteiger partial charge in [0.1, 0.15) is 17.5 Å². The molecule has 0 N–H and O–H groups in total. The molecule has 3 aromatic rings. The van der Waals surface area contributed by atoms with E-state index in [2.05, 4.69) is 22.0 Å². The van der Waals surface area contributed by atoms with E-state index in [9.17, 15) is 9.18 Å². The van der Waals surface area contributed by atoms with Gasteiger partial charge in [0.05, 0.1) is 0 Å². The number of carbonyl (C=O) groups is 1. The molecule has 1 aliphatic rings. The normalized spacial score (nSPS) is 14.0. The van der Waals surface area contributed by atoms with Gasteiger partial charge in [0.2, 0.25) is 5.91 Å². The van der Waals surface area contributed by atoms with E-state index in [4.69, 9.17) is 4.98 Å². The minimum atomic E-state index is -0.239. The number of anilines is 1. The number of rotatable bonds is 6. The molecule has 1 aliphatic heterocycles. The van der Waals surface area contributed by atoms with Gasteiger partial charge in [-0.25, -0.2) is 14.4 Å². The zero-order valence-electron chi connectivity index (χ0n) is 18.7. The van der Waals surface area contributed by atoms with Crippen molar-refractivity contribution in [1.29, 1.82) is 0 Å². The third-order valence-electron chi connectivity index (χ3n) is 5.98. The van der Waals surface area contributed by atoms with Crippen LogP contribution in [0.15, 0.2) is 54.6 Å². The van der Waals surface area contributed by atoms with E-state index in [1.54, 1.807) is 12.1 Å². The minimum Gasteiger partial charge on any atom is -0.353 e. The van der Waals surface area contributed by atoms with Gasteiger partial charge >= 0.3 is 0 Å². The molecular formula is C26H29FN4O. The second kappa shape index (κ2) is 9.90. The molecule has 2 heterocycles. The summed E-state index contributed by atoms with van der Waals surface area (Å²) in [5.41, 5.74) is 4.02. The van der Waals surface area contributed by atoms with Crippen LogP contribution in [-0.4, -0.2) is 47.0 Å². The van der Waals surface area contributed by atoms with Crippen LogP contribution in [0.2, 0.25) is 0 Å². The van der Waals surface area contributed by atoms with E-state index in [1.165, 1.54) is 11.6 Å². The fraction of sp³-hybridized carbons (Fsp3) is 0.346. The number of hydrogen-bond donors (Lipinski definition) is 0. The maximum absolute atomic E-state index is 13.7. The second-order valence-electron chi connectivity index (χ2n) is 8.32. The molecule has 6 heteroatoms. The van der Waals surface area contributed by atoms with E-state index in [1.807, 2.05) is 43.0 Å². The molecule has 1 amide bonds. The lowest BCUT2D eigenvalue weighted by Crippen LogP contribution is -2.49. The molecule has 0 bridgehead atoms. The summed E-state index contributed by atoms with van der Waals surface area (Å²) in [6.07, 6.45) is 1.87. The number of halogens is 1. The first-order chi connectivity index (χ1) is 15.5. The zero-order chi connectivity index (χ0) is 22.5. The summed E-state index contributed by atoms with van der Waals surface area (Å²) in [5, 5.41) is 0. The number of amides is 1. The molecular weight excluding hydrogens is 403 g/mol. The molecule has 0 saturated carbocycles. The van der Waals surface area contributed by atoms with Gasteiger partial charge < -0.3 is 9.80 Å². The number of aromatic nitrogens is 2. The first-order valence-electron chi connectivity index (χ1n) is 11.1. The first-order valence-corrected chi connectivity index (χ1v) is 11.1. The standard InChI is InChI=1S/C26H29FN4O/c1-19-24(18-22-9-6-10-23(27)17-22)26(29-20(2)28-19)31-15-13-30(14-16-31)25(32)12-11-21-7-4-3-5-8-21/h3-10,17H,11-16,18H2,1-2H3. The van der Waals surface area contributed by atoms with E-state index in [-0.39, 0.29) is 11.7 Å². The Morgan fingerprint density at radius 2 is 1.66 bits per heavy atom. The summed E-state index contributed by atoms with van der Waals surface area (Å²) in [6, 6.07) is 16.8. The van der Waals surface area contributed by atoms with Crippen molar-refractivity contribution in [2.45, 2.75) is 33.1 Å². The molecule has 1 fully saturated rings. The molecule has 166 valence electrons. The van der Waals surface area contributed by atoms with Gasteiger partial charge in [0.25, 0.3) is 0 Å². The Balaban J connectivity index is 1.43. The van der Waals surface area contributed by atoms with Gasteiger partial charge in [-0.1, -0.05) is 42.5 Å². The number of hydrogen-bond acceptors (Lipinski definition) is 4. The molecule has 1 aromatic heterocycles. The maximum atomic E-state index is 13.7. The van der Waals surface area contributed by atoms with E-state index >= 15 is 0 Å². The van der Waals surface area contributed by atoms with Crippen molar-refractivity contribution < 1.29 is 9.18 Å². The molecule has 0 radical (unpaired) electrons. The monoisotopic (exact) mass is 432 g/mol. The molecule has 32 heavy (non-hydrogen) atoms. The molecule has 5 nitrogen and oxygen atoms in total. The lowest BCUT2D eigenvalue weighted by molar-refractivity contribution is -0.131. The summed E-state index contributed by atoms with van der Waals surface area (Å²) in [5.74, 6) is 1.58. The summed E-state index contributed by atoms with van der Waals surface area (Å²) < 4.78 is 13.7. The third-order valence-corrected chi connectivity index (χ3v) is 5.98. The van der Waals surface area contributed by atoms with Gasteiger partial charge in [-0.3, -0.25) is 4.79 Å². The largest absolute Gasteiger partial charge is 0.353 e. The van der Waals surface area contributed by atoms with Crippen LogP contribution in [0, 0.1) is 19.7 Å². The highest BCUT2D eigenvalue weighted by molar-refractivity contribution is 5.76. The van der Waals surface area contributed by atoms with Gasteiger partial charge in [-0.15, -0.1) is 0 Å². The van der Waals surface area contributed by atoms with Crippen LogP contribution >= 0.6 is 0 Å². The molecule has 2 aromatic carbocycles. The summed E-state index contributed by atoms with van der Waals surface area (Å²) >= 11 is 0. The molecule has 0 unspecified atom stereocenters. The van der Waals surface area contributed by atoms with Crippen molar-refractivity contribution in [2.75, 3.05) is 31.1 Å². The lowest BCUT2D eigenvalue weighted by Gasteiger charge is -2.36. The Kier molecular flexibility index (Phi) is 6.78. The van der Waals surface area contributed by atoms with E-state index in [0.29, 0.717) is 25.9 Å². The Hall–Kier alpha value is -3.28. The summed E-state index contributed by atoms with van der Waals surface area (Å²) in [7, 11) is 0. The van der Waals surface area contributed by atoms with Gasteiger partial charge in [0.15, 0.2) is 0 Å². The van der Waals surface area contributed by atoms with Crippen molar-refractivity contribution in [3.63, 3.8) is 0 Å². The maximum Gasteiger partial charge on any atom is 0.223 e. The van der Waals surface area contributed by atoms with Crippen LogP contribution in [0.3, 0.4) is 0 Å². The van der Waals surface area contributed by atoms with Crippen molar-refractivity contribution in [2.24, 2.45) is 0 Å². The highest BCUT2D eigenvalue weighted by atomic mass is 19.1. The predicted molar refractivity (Wildman–Crippen MR) is 124 cm³/mol.